The monoisotopic (exact) mass is 272 g/mol. The van der Waals surface area contributed by atoms with Gasteiger partial charge in [-0.15, -0.1) is 0 Å². The third-order valence-corrected chi connectivity index (χ3v) is 5.24. The fourth-order valence-electron chi connectivity index (χ4n) is 2.14. The third kappa shape index (κ3) is 3.43. The van der Waals surface area contributed by atoms with Gasteiger partial charge in [-0.3, -0.25) is 10.1 Å². The Morgan fingerprint density at radius 3 is 3.00 bits per heavy atom. The van der Waals surface area contributed by atoms with Crippen LogP contribution in [0.15, 0.2) is 12.1 Å². The molecule has 17 heavy (non-hydrogen) atoms. The van der Waals surface area contributed by atoms with E-state index < -0.39 is 0 Å². The molecule has 1 saturated carbocycles. The molecule has 94 valence electrons. The van der Waals surface area contributed by atoms with Crippen LogP contribution in [0.5, 0.6) is 0 Å². The molecule has 1 heterocycles. The van der Waals surface area contributed by atoms with Gasteiger partial charge in [0.25, 0.3) is 0 Å². The van der Waals surface area contributed by atoms with Crippen molar-refractivity contribution in [3.8, 4) is 0 Å². The molecule has 1 aliphatic rings. The molecule has 6 heteroatoms. The van der Waals surface area contributed by atoms with Gasteiger partial charge in [-0.25, -0.2) is 0 Å². The van der Waals surface area contributed by atoms with E-state index in [0.717, 1.165) is 16.7 Å². The van der Waals surface area contributed by atoms with Gasteiger partial charge in [-0.05, 0) is 31.6 Å². The number of hydrogen-bond acceptors (Lipinski definition) is 5. The molecule has 0 amide bonds. The summed E-state index contributed by atoms with van der Waals surface area (Å²) < 4.78 is 0. The van der Waals surface area contributed by atoms with Gasteiger partial charge < -0.3 is 5.32 Å². The molecule has 0 radical (unpaired) electrons. The Labute approximate surface area is 109 Å². The molecule has 0 aliphatic heterocycles. The zero-order chi connectivity index (χ0) is 12.3. The third-order valence-electron chi connectivity index (χ3n) is 3.11. The van der Waals surface area contributed by atoms with Gasteiger partial charge in [-0.1, -0.05) is 11.3 Å². The highest BCUT2D eigenvalue weighted by molar-refractivity contribution is 7.99. The molecule has 1 aromatic rings. The minimum atomic E-state index is -0.326. The maximum Gasteiger partial charge on any atom is 0.324 e. The first kappa shape index (κ1) is 12.9. The first-order chi connectivity index (χ1) is 8.19. The Morgan fingerprint density at radius 1 is 1.59 bits per heavy atom. The summed E-state index contributed by atoms with van der Waals surface area (Å²) in [4.78, 5) is 11.3. The van der Waals surface area contributed by atoms with Crippen LogP contribution in [-0.2, 0) is 6.54 Å². The highest BCUT2D eigenvalue weighted by Crippen LogP contribution is 2.29. The first-order valence-corrected chi connectivity index (χ1v) is 7.78. The highest BCUT2D eigenvalue weighted by Gasteiger charge is 2.23. The summed E-state index contributed by atoms with van der Waals surface area (Å²) in [6.07, 6.45) is 5.88. The quantitative estimate of drug-likeness (QED) is 0.661. The maximum absolute atomic E-state index is 10.5. The fraction of sp³-hybridized carbons (Fsp3) is 0.636. The lowest BCUT2D eigenvalue weighted by Crippen LogP contribution is -2.25. The number of thiophene rings is 1. The molecule has 0 bridgehead atoms. The van der Waals surface area contributed by atoms with Crippen molar-refractivity contribution < 1.29 is 4.92 Å². The minimum absolute atomic E-state index is 0.232. The Hall–Kier alpha value is -0.590. The van der Waals surface area contributed by atoms with Gasteiger partial charge >= 0.3 is 5.00 Å². The van der Waals surface area contributed by atoms with E-state index in [1.807, 2.05) is 17.8 Å². The van der Waals surface area contributed by atoms with Gasteiger partial charge in [0.15, 0.2) is 0 Å². The van der Waals surface area contributed by atoms with Crippen LogP contribution in [0.2, 0.25) is 0 Å². The zero-order valence-corrected chi connectivity index (χ0v) is 11.4. The number of hydrogen-bond donors (Lipinski definition) is 1. The van der Waals surface area contributed by atoms with Gasteiger partial charge in [0.1, 0.15) is 0 Å². The van der Waals surface area contributed by atoms with Crippen LogP contribution in [0.1, 0.15) is 24.1 Å². The van der Waals surface area contributed by atoms with E-state index in [2.05, 4.69) is 11.6 Å². The van der Waals surface area contributed by atoms with Crippen LogP contribution in [0.3, 0.4) is 0 Å². The van der Waals surface area contributed by atoms with E-state index in [4.69, 9.17) is 0 Å². The second-order valence-electron chi connectivity index (χ2n) is 4.25. The second kappa shape index (κ2) is 5.84. The lowest BCUT2D eigenvalue weighted by Gasteiger charge is -2.11. The SMILES string of the molecule is CSC1CCC(NCc2ccc([N+](=O)[O-])s2)C1. The molecular formula is C11H16N2O2S2. The number of nitro groups is 1. The Balaban J connectivity index is 1.80. The largest absolute Gasteiger partial charge is 0.324 e. The second-order valence-corrected chi connectivity index (χ2v) is 6.53. The predicted octanol–water partition coefficient (Wildman–Crippen LogP) is 3.03. The van der Waals surface area contributed by atoms with E-state index in [1.54, 1.807) is 6.07 Å². The van der Waals surface area contributed by atoms with E-state index in [9.17, 15) is 10.1 Å². The van der Waals surface area contributed by atoms with E-state index >= 15 is 0 Å². The standard InChI is InChI=1S/C11H16N2O2S2/c1-16-9-3-2-8(6-9)12-7-10-4-5-11(17-10)13(14)15/h4-5,8-9,12H,2-3,6-7H2,1H3. The zero-order valence-electron chi connectivity index (χ0n) is 9.72. The molecule has 0 saturated heterocycles. The van der Waals surface area contributed by atoms with E-state index in [-0.39, 0.29) is 9.92 Å². The maximum atomic E-state index is 10.5. The first-order valence-electron chi connectivity index (χ1n) is 5.68. The van der Waals surface area contributed by atoms with Crippen LogP contribution in [0, 0.1) is 10.1 Å². The molecule has 4 nitrogen and oxygen atoms in total. The van der Waals surface area contributed by atoms with Crippen LogP contribution in [0.25, 0.3) is 0 Å². The normalized spacial score (nSPS) is 24.1. The van der Waals surface area contributed by atoms with Crippen molar-refractivity contribution in [1.29, 1.82) is 0 Å². The van der Waals surface area contributed by atoms with E-state index in [0.29, 0.717) is 6.04 Å². The smallest absolute Gasteiger partial charge is 0.309 e. The van der Waals surface area contributed by atoms with Gasteiger partial charge in [0, 0.05) is 28.8 Å². The summed E-state index contributed by atoms with van der Waals surface area (Å²) in [5.74, 6) is 0. The lowest BCUT2D eigenvalue weighted by atomic mass is 10.2. The van der Waals surface area contributed by atoms with Crippen molar-refractivity contribution in [3.05, 3.63) is 27.1 Å². The molecule has 2 atom stereocenters. The molecule has 1 N–H and O–H groups in total. The van der Waals surface area contributed by atoms with Crippen molar-refractivity contribution in [2.45, 2.75) is 37.1 Å². The van der Waals surface area contributed by atoms with E-state index in [1.165, 1.54) is 30.6 Å². The average molecular weight is 272 g/mol. The van der Waals surface area contributed by atoms with Crippen molar-refractivity contribution in [3.63, 3.8) is 0 Å². The van der Waals surface area contributed by atoms with Gasteiger partial charge in [0.05, 0.1) is 4.92 Å². The van der Waals surface area contributed by atoms with Crippen LogP contribution in [-0.4, -0.2) is 22.5 Å². The van der Waals surface area contributed by atoms with Crippen molar-refractivity contribution in [1.82, 2.24) is 5.32 Å². The molecule has 0 aromatic carbocycles. The summed E-state index contributed by atoms with van der Waals surface area (Å²) in [6, 6.07) is 4.01. The Bertz CT molecular complexity index is 395. The topological polar surface area (TPSA) is 55.2 Å². The fourth-order valence-corrected chi connectivity index (χ4v) is 3.71. The number of nitrogens with one attached hydrogen (secondary N) is 1. The van der Waals surface area contributed by atoms with Crippen LogP contribution in [0.4, 0.5) is 5.00 Å². The number of nitrogens with zero attached hydrogens (tertiary/aromatic N) is 1. The van der Waals surface area contributed by atoms with Crippen LogP contribution < -0.4 is 5.32 Å². The van der Waals surface area contributed by atoms with Gasteiger partial charge in [-0.2, -0.15) is 11.8 Å². The predicted molar refractivity (Wildman–Crippen MR) is 72.8 cm³/mol. The Morgan fingerprint density at radius 2 is 2.41 bits per heavy atom. The number of thioether (sulfide) groups is 1. The lowest BCUT2D eigenvalue weighted by molar-refractivity contribution is -0.380. The molecule has 2 unspecified atom stereocenters. The van der Waals surface area contributed by atoms with Crippen molar-refractivity contribution in [2.24, 2.45) is 0 Å². The molecule has 1 fully saturated rings. The number of rotatable bonds is 5. The average Bonchev–Trinajstić information content (AvgIpc) is 2.95. The minimum Gasteiger partial charge on any atom is -0.309 e. The Kier molecular flexibility index (Phi) is 4.42. The summed E-state index contributed by atoms with van der Waals surface area (Å²) in [6.45, 7) is 0.754. The molecule has 0 spiro atoms. The summed E-state index contributed by atoms with van der Waals surface area (Å²) in [7, 11) is 0. The summed E-state index contributed by atoms with van der Waals surface area (Å²) in [5, 5.41) is 15.1. The molecular weight excluding hydrogens is 256 g/mol. The summed E-state index contributed by atoms with van der Waals surface area (Å²) >= 11 is 3.20. The van der Waals surface area contributed by atoms with Crippen LogP contribution >= 0.6 is 23.1 Å². The highest BCUT2D eigenvalue weighted by atomic mass is 32.2. The van der Waals surface area contributed by atoms with Crippen molar-refractivity contribution in [2.75, 3.05) is 6.26 Å². The van der Waals surface area contributed by atoms with Crippen molar-refractivity contribution >= 4 is 28.1 Å². The van der Waals surface area contributed by atoms with Gasteiger partial charge in [0.2, 0.25) is 0 Å². The molecule has 1 aliphatic carbocycles. The summed E-state index contributed by atoms with van der Waals surface area (Å²) in [5.41, 5.74) is 0. The molecule has 1 aromatic heterocycles. The molecule has 2 rings (SSSR count).